The van der Waals surface area contributed by atoms with Crippen molar-refractivity contribution in [3.05, 3.63) is 24.3 Å². The first-order valence-corrected chi connectivity index (χ1v) is 26.6. The summed E-state index contributed by atoms with van der Waals surface area (Å²) in [7, 11) is 0. The van der Waals surface area contributed by atoms with Gasteiger partial charge in [-0.25, -0.2) is 0 Å². The summed E-state index contributed by atoms with van der Waals surface area (Å²) in [6, 6.07) is -0.913. The van der Waals surface area contributed by atoms with Gasteiger partial charge in [0.25, 0.3) is 0 Å². The van der Waals surface area contributed by atoms with Crippen molar-refractivity contribution >= 4 is 5.91 Å². The van der Waals surface area contributed by atoms with Crippen molar-refractivity contribution in [2.24, 2.45) is 0 Å². The summed E-state index contributed by atoms with van der Waals surface area (Å²) in [4.78, 5) is 13.2. The molecule has 66 heavy (non-hydrogen) atoms. The van der Waals surface area contributed by atoms with Gasteiger partial charge < -0.3 is 65.1 Å². The van der Waals surface area contributed by atoms with E-state index in [0.29, 0.717) is 6.42 Å². The van der Waals surface area contributed by atoms with Crippen molar-refractivity contribution < 1.29 is 64.6 Å². The van der Waals surface area contributed by atoms with Gasteiger partial charge >= 0.3 is 0 Å². The van der Waals surface area contributed by atoms with Crippen LogP contribution in [0.5, 0.6) is 0 Å². The largest absolute Gasteiger partial charge is 0.394 e. The molecule has 2 saturated heterocycles. The average Bonchev–Trinajstić information content (AvgIpc) is 3.31. The predicted molar refractivity (Wildman–Crippen MR) is 258 cm³/mol. The molecule has 0 aromatic heterocycles. The Morgan fingerprint density at radius 1 is 0.530 bits per heavy atom. The Morgan fingerprint density at radius 3 is 1.44 bits per heavy atom. The SMILES string of the molecule is CCCCCCCCC/C=C\CCCCCCCCCC(=O)NC(COC1OC(CO)C(OC2OC(CO)C(O)C(O)C2O)C(O)C1O)C(O)/C=C/CCCCCCCCCCCCCC. The lowest BCUT2D eigenvalue weighted by Gasteiger charge is -2.46. The van der Waals surface area contributed by atoms with Gasteiger partial charge in [-0.15, -0.1) is 0 Å². The molecular formula is C52H97NO13. The molecule has 2 aliphatic rings. The highest BCUT2D eigenvalue weighted by Gasteiger charge is 2.51. The molecule has 14 heteroatoms. The highest BCUT2D eigenvalue weighted by Crippen LogP contribution is 2.30. The van der Waals surface area contributed by atoms with E-state index in [4.69, 9.17) is 18.9 Å². The molecule has 14 nitrogen and oxygen atoms in total. The van der Waals surface area contributed by atoms with Crippen molar-refractivity contribution in [3.63, 3.8) is 0 Å². The zero-order chi connectivity index (χ0) is 48.2. The highest BCUT2D eigenvalue weighted by atomic mass is 16.7. The molecule has 0 aliphatic carbocycles. The van der Waals surface area contributed by atoms with Crippen LogP contribution >= 0.6 is 0 Å². The van der Waals surface area contributed by atoms with Crippen molar-refractivity contribution in [2.75, 3.05) is 19.8 Å². The lowest BCUT2D eigenvalue weighted by Crippen LogP contribution is -2.65. The number of aliphatic hydroxyl groups is 8. The minimum atomic E-state index is -1.79. The highest BCUT2D eigenvalue weighted by molar-refractivity contribution is 5.76. The predicted octanol–water partition coefficient (Wildman–Crippen LogP) is 7.33. The minimum Gasteiger partial charge on any atom is -0.394 e. The molecule has 0 radical (unpaired) electrons. The third kappa shape index (κ3) is 25.9. The van der Waals surface area contributed by atoms with E-state index in [9.17, 15) is 45.6 Å². The first kappa shape index (κ1) is 60.6. The Hall–Kier alpha value is -1.53. The summed E-state index contributed by atoms with van der Waals surface area (Å²) in [5.74, 6) is -0.244. The lowest BCUT2D eigenvalue weighted by molar-refractivity contribution is -0.359. The number of nitrogens with one attached hydrogen (secondary N) is 1. The van der Waals surface area contributed by atoms with Gasteiger partial charge in [-0.2, -0.15) is 0 Å². The molecule has 0 aromatic rings. The van der Waals surface area contributed by atoms with Crippen LogP contribution in [0.3, 0.4) is 0 Å². The second-order valence-corrected chi connectivity index (χ2v) is 19.0. The van der Waals surface area contributed by atoms with E-state index in [0.717, 1.165) is 44.9 Å². The van der Waals surface area contributed by atoms with Gasteiger partial charge in [0.15, 0.2) is 12.6 Å². The van der Waals surface area contributed by atoms with Gasteiger partial charge in [0.2, 0.25) is 5.91 Å². The van der Waals surface area contributed by atoms with E-state index < -0.39 is 86.8 Å². The molecule has 2 rings (SSSR count). The van der Waals surface area contributed by atoms with Gasteiger partial charge in [0, 0.05) is 6.42 Å². The van der Waals surface area contributed by atoms with Crippen LogP contribution in [-0.2, 0) is 23.7 Å². The molecule has 12 atom stereocenters. The molecule has 0 aromatic carbocycles. The van der Waals surface area contributed by atoms with Gasteiger partial charge in [0.1, 0.15) is 48.8 Å². The number of carbonyl (C=O) groups excluding carboxylic acids is 1. The molecule has 0 spiro atoms. The zero-order valence-electron chi connectivity index (χ0n) is 41.2. The Bertz CT molecular complexity index is 1210. The van der Waals surface area contributed by atoms with E-state index in [1.54, 1.807) is 6.08 Å². The number of rotatable bonds is 41. The lowest BCUT2D eigenvalue weighted by atomic mass is 9.97. The Balaban J connectivity index is 1.83. The minimum absolute atomic E-state index is 0.244. The topological polar surface area (TPSA) is 228 Å². The maximum Gasteiger partial charge on any atom is 0.220 e. The van der Waals surface area contributed by atoms with Crippen LogP contribution in [0.15, 0.2) is 24.3 Å². The number of ether oxygens (including phenoxy) is 4. The number of aliphatic hydroxyl groups excluding tert-OH is 8. The molecule has 9 N–H and O–H groups in total. The molecule has 388 valence electrons. The molecule has 1 amide bonds. The number of hydrogen-bond donors (Lipinski definition) is 9. The summed E-state index contributed by atoms with van der Waals surface area (Å²) >= 11 is 0. The number of allylic oxidation sites excluding steroid dienone is 3. The number of hydrogen-bond acceptors (Lipinski definition) is 13. The summed E-state index contributed by atoms with van der Waals surface area (Å²) in [6.45, 7) is 2.78. The molecule has 2 fully saturated rings. The average molecular weight is 944 g/mol. The maximum atomic E-state index is 13.2. The van der Waals surface area contributed by atoms with Crippen LogP contribution in [0.1, 0.15) is 206 Å². The summed E-state index contributed by atoms with van der Waals surface area (Å²) in [6.07, 6.45) is 26.4. The molecule has 12 unspecified atom stereocenters. The fraction of sp³-hybridized carbons (Fsp3) is 0.904. The van der Waals surface area contributed by atoms with Crippen LogP contribution in [0.25, 0.3) is 0 Å². The third-order valence-corrected chi connectivity index (χ3v) is 13.1. The van der Waals surface area contributed by atoms with Crippen molar-refractivity contribution in [1.29, 1.82) is 0 Å². The van der Waals surface area contributed by atoms with Crippen LogP contribution in [-0.4, -0.2) is 140 Å². The van der Waals surface area contributed by atoms with Gasteiger partial charge in [-0.1, -0.05) is 179 Å². The van der Waals surface area contributed by atoms with Gasteiger partial charge in [-0.05, 0) is 44.9 Å². The summed E-state index contributed by atoms with van der Waals surface area (Å²) < 4.78 is 22.7. The smallest absolute Gasteiger partial charge is 0.220 e. The van der Waals surface area contributed by atoms with E-state index in [2.05, 4.69) is 31.3 Å². The summed E-state index contributed by atoms with van der Waals surface area (Å²) in [5, 5.41) is 86.8. The Kier molecular flexibility index (Phi) is 36.0. The fourth-order valence-electron chi connectivity index (χ4n) is 8.76. The second-order valence-electron chi connectivity index (χ2n) is 19.0. The first-order valence-electron chi connectivity index (χ1n) is 26.6. The van der Waals surface area contributed by atoms with E-state index in [1.165, 1.54) is 135 Å². The molecule has 0 saturated carbocycles. The van der Waals surface area contributed by atoms with Crippen LogP contribution < -0.4 is 5.32 Å². The Morgan fingerprint density at radius 2 is 0.955 bits per heavy atom. The Labute approximate surface area is 398 Å². The van der Waals surface area contributed by atoms with Crippen molar-refractivity contribution in [3.8, 4) is 0 Å². The van der Waals surface area contributed by atoms with E-state index >= 15 is 0 Å². The van der Waals surface area contributed by atoms with Crippen LogP contribution in [0, 0.1) is 0 Å². The van der Waals surface area contributed by atoms with Crippen LogP contribution in [0.4, 0.5) is 0 Å². The quantitative estimate of drug-likeness (QED) is 0.0216. The fourth-order valence-corrected chi connectivity index (χ4v) is 8.76. The van der Waals surface area contributed by atoms with Gasteiger partial charge in [-0.3, -0.25) is 4.79 Å². The number of carbonyl (C=O) groups is 1. The summed E-state index contributed by atoms with van der Waals surface area (Å²) in [5.41, 5.74) is 0. The third-order valence-electron chi connectivity index (χ3n) is 13.1. The second kappa shape index (κ2) is 39.2. The standard InChI is InChI=1S/C52H97NO13/c1-3-5-7-9-11-13-15-17-19-20-21-22-24-26-28-30-32-34-36-44(57)53-40(41(56)35-33-31-29-27-25-23-18-16-14-12-10-8-6-4-2)39-63-51-49(62)47(60)50(43(38-55)65-51)66-52-48(61)46(59)45(58)42(37-54)64-52/h19-20,33,35,40-43,45-52,54-56,58-62H,3-18,21-32,34,36-39H2,1-2H3,(H,53,57)/b20-19-,35-33+. The first-order chi connectivity index (χ1) is 32.1. The number of unbranched alkanes of at least 4 members (excludes halogenated alkanes) is 26. The maximum absolute atomic E-state index is 13.2. The van der Waals surface area contributed by atoms with E-state index in [-0.39, 0.29) is 18.9 Å². The van der Waals surface area contributed by atoms with Crippen molar-refractivity contribution in [2.45, 2.75) is 280 Å². The molecule has 0 bridgehead atoms. The molecular weight excluding hydrogens is 847 g/mol. The monoisotopic (exact) mass is 944 g/mol. The molecule has 2 aliphatic heterocycles. The van der Waals surface area contributed by atoms with E-state index in [1.807, 2.05) is 6.08 Å². The zero-order valence-corrected chi connectivity index (χ0v) is 41.2. The number of amides is 1. The molecule has 2 heterocycles. The normalized spacial score (nSPS) is 26.9. The van der Waals surface area contributed by atoms with Gasteiger partial charge in [0.05, 0.1) is 32.0 Å². The van der Waals surface area contributed by atoms with Crippen molar-refractivity contribution in [1.82, 2.24) is 5.32 Å². The van der Waals surface area contributed by atoms with Crippen LogP contribution in [0.2, 0.25) is 0 Å².